The van der Waals surface area contributed by atoms with E-state index in [0.29, 0.717) is 15.0 Å². The fourth-order valence-electron chi connectivity index (χ4n) is 1.45. The van der Waals surface area contributed by atoms with Crippen LogP contribution in [-0.4, -0.2) is 44.2 Å². The normalized spacial score (nSPS) is 25.7. The van der Waals surface area contributed by atoms with Crippen LogP contribution in [0.25, 0.3) is 0 Å². The van der Waals surface area contributed by atoms with Gasteiger partial charge < -0.3 is 0 Å². The molecule has 0 aliphatic carbocycles. The number of aliphatic imine (C=N–C) groups is 1. The van der Waals surface area contributed by atoms with E-state index >= 15 is 0 Å². The van der Waals surface area contributed by atoms with Gasteiger partial charge >= 0.3 is 97.4 Å². The van der Waals surface area contributed by atoms with Crippen molar-refractivity contribution in [2.75, 3.05) is 14.1 Å². The maximum absolute atomic E-state index is 4.86. The van der Waals surface area contributed by atoms with Gasteiger partial charge in [0, 0.05) is 0 Å². The molecular weight excluding hydrogens is 251 g/mol. The summed E-state index contributed by atoms with van der Waals surface area (Å²) < 4.78 is 1.30. The monoisotopic (exact) mass is 268 g/mol. The fourth-order valence-corrected chi connectivity index (χ4v) is 4.17. The molecular formula is C12H16N2Se. The molecule has 1 heterocycles. The topological polar surface area (TPSA) is 15.6 Å². The summed E-state index contributed by atoms with van der Waals surface area (Å²) in [6.45, 7) is 2.21. The Morgan fingerprint density at radius 1 is 1.27 bits per heavy atom. The average molecular weight is 267 g/mol. The Labute approximate surface area is 97.6 Å². The summed E-state index contributed by atoms with van der Waals surface area (Å²) in [5.74, 6) is 0. The minimum atomic E-state index is 0.0190. The van der Waals surface area contributed by atoms with Crippen LogP contribution in [0.4, 0.5) is 0 Å². The van der Waals surface area contributed by atoms with E-state index in [1.54, 1.807) is 0 Å². The first-order valence-corrected chi connectivity index (χ1v) is 7.14. The molecule has 3 heteroatoms. The van der Waals surface area contributed by atoms with E-state index in [4.69, 9.17) is 4.99 Å². The summed E-state index contributed by atoms with van der Waals surface area (Å²) in [5, 5.41) is 1.18. The van der Waals surface area contributed by atoms with Crippen LogP contribution in [0, 0.1) is 0 Å². The number of hydrogen-bond acceptors (Lipinski definition) is 2. The van der Waals surface area contributed by atoms with Crippen LogP contribution in [-0.2, 0) is 0 Å². The molecule has 1 aliphatic rings. The Kier molecular flexibility index (Phi) is 2.96. The first-order chi connectivity index (χ1) is 7.12. The van der Waals surface area contributed by atoms with Gasteiger partial charge in [0.05, 0.1) is 0 Å². The van der Waals surface area contributed by atoms with Crippen molar-refractivity contribution in [2.24, 2.45) is 4.99 Å². The van der Waals surface area contributed by atoms with Crippen molar-refractivity contribution in [3.8, 4) is 0 Å². The van der Waals surface area contributed by atoms with Gasteiger partial charge in [0.2, 0.25) is 0 Å². The zero-order chi connectivity index (χ0) is 10.9. The Bertz CT molecular complexity index is 372. The van der Waals surface area contributed by atoms with Gasteiger partial charge in [-0.25, -0.2) is 0 Å². The number of rotatable bonds is 2. The second-order valence-corrected chi connectivity index (χ2v) is 6.21. The molecule has 0 bridgehead atoms. The Morgan fingerprint density at radius 3 is 2.47 bits per heavy atom. The molecule has 0 N–H and O–H groups in total. The summed E-state index contributed by atoms with van der Waals surface area (Å²) in [6.07, 6.45) is 0. The van der Waals surface area contributed by atoms with Crippen molar-refractivity contribution >= 4 is 19.6 Å². The van der Waals surface area contributed by atoms with Gasteiger partial charge in [0.15, 0.2) is 0 Å². The van der Waals surface area contributed by atoms with Crippen molar-refractivity contribution < 1.29 is 0 Å². The van der Waals surface area contributed by atoms with Crippen molar-refractivity contribution in [2.45, 2.75) is 17.9 Å². The molecule has 80 valence electrons. The molecule has 0 fully saturated rings. The van der Waals surface area contributed by atoms with Gasteiger partial charge in [0.1, 0.15) is 0 Å². The van der Waals surface area contributed by atoms with Crippen LogP contribution >= 0.6 is 0 Å². The van der Waals surface area contributed by atoms with E-state index in [2.05, 4.69) is 56.3 Å². The Morgan fingerprint density at radius 2 is 1.93 bits per heavy atom. The van der Waals surface area contributed by atoms with Crippen LogP contribution in [0.1, 0.15) is 12.5 Å². The molecule has 1 aromatic rings. The molecule has 0 amide bonds. The van der Waals surface area contributed by atoms with Crippen LogP contribution in [0.3, 0.4) is 0 Å². The molecule has 15 heavy (non-hydrogen) atoms. The molecule has 1 aliphatic heterocycles. The summed E-state index contributed by atoms with van der Waals surface area (Å²) in [6, 6.07) is 10.5. The van der Waals surface area contributed by atoms with E-state index < -0.39 is 0 Å². The van der Waals surface area contributed by atoms with Gasteiger partial charge in [-0.1, -0.05) is 0 Å². The minimum absolute atomic E-state index is 0.0190. The molecule has 0 saturated heterocycles. The summed E-state index contributed by atoms with van der Waals surface area (Å²) in [5.41, 5.74) is 1.31. The fraction of sp³-hybridized carbons (Fsp3) is 0.417. The second-order valence-electron chi connectivity index (χ2n) is 4.18. The predicted molar refractivity (Wildman–Crippen MR) is 65.6 cm³/mol. The Hall–Kier alpha value is -0.631. The zero-order valence-corrected chi connectivity index (χ0v) is 11.1. The molecule has 0 spiro atoms. The molecule has 1 aromatic carbocycles. The number of hydrogen-bond donors (Lipinski definition) is 0. The van der Waals surface area contributed by atoms with Crippen LogP contribution in [0.15, 0.2) is 35.3 Å². The van der Waals surface area contributed by atoms with Crippen molar-refractivity contribution in [3.63, 3.8) is 0 Å². The molecule has 0 saturated carbocycles. The van der Waals surface area contributed by atoms with Crippen LogP contribution < -0.4 is 0 Å². The van der Waals surface area contributed by atoms with Crippen molar-refractivity contribution in [3.05, 3.63) is 35.9 Å². The van der Waals surface area contributed by atoms with Crippen LogP contribution in [0.5, 0.6) is 0 Å². The van der Waals surface area contributed by atoms with E-state index in [0.717, 1.165) is 0 Å². The van der Waals surface area contributed by atoms with Gasteiger partial charge in [-0.3, -0.25) is 0 Å². The molecule has 0 radical (unpaired) electrons. The third kappa shape index (κ3) is 2.15. The molecule has 1 unspecified atom stereocenters. The SMILES string of the molecule is CN(C)C1(C)C[Se]C(c2ccccc2)=N1. The van der Waals surface area contributed by atoms with E-state index in [-0.39, 0.29) is 5.66 Å². The molecule has 1 atom stereocenters. The molecule has 2 rings (SSSR count). The third-order valence-electron chi connectivity index (χ3n) is 2.81. The van der Waals surface area contributed by atoms with E-state index in [1.807, 2.05) is 0 Å². The van der Waals surface area contributed by atoms with Gasteiger partial charge in [-0.15, -0.1) is 0 Å². The summed E-state index contributed by atoms with van der Waals surface area (Å²) in [4.78, 5) is 7.07. The first kappa shape index (κ1) is 10.9. The standard InChI is InChI=1S/C12H16N2Se/c1-12(14(2)3)9-15-11(13-12)10-7-5-4-6-8-10/h4-8H,9H2,1-3H3. The number of nitrogens with zero attached hydrogens (tertiary/aromatic N) is 2. The predicted octanol–water partition coefficient (Wildman–Crippen LogP) is 1.85. The van der Waals surface area contributed by atoms with Gasteiger partial charge in [-0.2, -0.15) is 0 Å². The second kappa shape index (κ2) is 4.09. The number of benzene rings is 1. The van der Waals surface area contributed by atoms with Gasteiger partial charge in [0.25, 0.3) is 0 Å². The molecule has 2 nitrogen and oxygen atoms in total. The van der Waals surface area contributed by atoms with Gasteiger partial charge in [-0.05, 0) is 0 Å². The van der Waals surface area contributed by atoms with E-state index in [1.165, 1.54) is 15.5 Å². The zero-order valence-electron chi connectivity index (χ0n) is 9.40. The van der Waals surface area contributed by atoms with Crippen molar-refractivity contribution in [1.82, 2.24) is 4.90 Å². The van der Waals surface area contributed by atoms with Crippen molar-refractivity contribution in [1.29, 1.82) is 0 Å². The maximum atomic E-state index is 4.86. The summed E-state index contributed by atoms with van der Waals surface area (Å²) >= 11 is 0.514. The third-order valence-corrected chi connectivity index (χ3v) is 5.52. The summed E-state index contributed by atoms with van der Waals surface area (Å²) in [7, 11) is 4.21. The molecule has 0 aromatic heterocycles. The Balaban J connectivity index is 2.28. The average Bonchev–Trinajstić information content (AvgIpc) is 2.64. The van der Waals surface area contributed by atoms with Crippen LogP contribution in [0.2, 0.25) is 5.32 Å². The first-order valence-electron chi connectivity index (χ1n) is 5.07. The van der Waals surface area contributed by atoms with E-state index in [9.17, 15) is 0 Å². The quantitative estimate of drug-likeness (QED) is 0.747.